The summed E-state index contributed by atoms with van der Waals surface area (Å²) in [6, 6.07) is 6.41. The number of halogens is 1. The Hall–Kier alpha value is -1.15. The van der Waals surface area contributed by atoms with Crippen molar-refractivity contribution in [2.24, 2.45) is 28.6 Å². The van der Waals surface area contributed by atoms with Crippen molar-refractivity contribution >= 4 is 28.3 Å². The molecule has 8 heteroatoms. The second kappa shape index (κ2) is 7.39. The van der Waals surface area contributed by atoms with Gasteiger partial charge in [0.1, 0.15) is 0 Å². The standard InChI is InChI=1S/C16H23N3O3S.ClH/c17-15-12-4-3-11(9-12)14(15)16(20)19-8-7-10-1-5-13(6-2-10)23(18,21)22;/h1-2,5-6,11-12,14-15H,3-4,7-9,17H2,(H,19,20)(H2,18,21,22);1H. The van der Waals surface area contributed by atoms with Gasteiger partial charge in [-0.1, -0.05) is 12.1 Å². The van der Waals surface area contributed by atoms with Crippen molar-refractivity contribution in [2.45, 2.75) is 36.6 Å². The molecule has 1 amide bonds. The van der Waals surface area contributed by atoms with E-state index in [-0.39, 0.29) is 35.2 Å². The number of primary sulfonamides is 1. The number of sulfonamides is 1. The maximum atomic E-state index is 12.3. The van der Waals surface area contributed by atoms with Crippen LogP contribution < -0.4 is 16.2 Å². The van der Waals surface area contributed by atoms with Gasteiger partial charge in [-0.25, -0.2) is 13.6 Å². The molecule has 134 valence electrons. The SMILES string of the molecule is Cl.NC1C2CCC(C2)C1C(=O)NCCc1ccc(S(N)(=O)=O)cc1. The van der Waals surface area contributed by atoms with E-state index >= 15 is 0 Å². The zero-order valence-electron chi connectivity index (χ0n) is 13.4. The first kappa shape index (κ1) is 19.2. The summed E-state index contributed by atoms with van der Waals surface area (Å²) >= 11 is 0. The van der Waals surface area contributed by atoms with Crippen LogP contribution in [0.15, 0.2) is 29.2 Å². The summed E-state index contributed by atoms with van der Waals surface area (Å²) in [5.74, 6) is 0.981. The number of carbonyl (C=O) groups excluding carboxylic acids is 1. The molecule has 1 aromatic rings. The van der Waals surface area contributed by atoms with Crippen molar-refractivity contribution < 1.29 is 13.2 Å². The summed E-state index contributed by atoms with van der Waals surface area (Å²) in [5.41, 5.74) is 7.13. The molecule has 2 saturated carbocycles. The average Bonchev–Trinajstić information content (AvgIpc) is 3.07. The summed E-state index contributed by atoms with van der Waals surface area (Å²) < 4.78 is 22.4. The summed E-state index contributed by atoms with van der Waals surface area (Å²) in [5, 5.41) is 8.03. The lowest BCUT2D eigenvalue weighted by molar-refractivity contribution is -0.127. The highest BCUT2D eigenvalue weighted by Crippen LogP contribution is 2.47. The van der Waals surface area contributed by atoms with Gasteiger partial charge in [-0.3, -0.25) is 4.79 Å². The highest BCUT2D eigenvalue weighted by molar-refractivity contribution is 7.89. The summed E-state index contributed by atoms with van der Waals surface area (Å²) in [6.45, 7) is 0.522. The molecule has 0 heterocycles. The molecule has 4 unspecified atom stereocenters. The van der Waals surface area contributed by atoms with Crippen molar-refractivity contribution in [1.29, 1.82) is 0 Å². The van der Waals surface area contributed by atoms with Gasteiger partial charge in [0, 0.05) is 12.6 Å². The second-order valence-electron chi connectivity index (χ2n) is 6.67. The fourth-order valence-electron chi connectivity index (χ4n) is 4.02. The van der Waals surface area contributed by atoms with Gasteiger partial charge in [0.25, 0.3) is 0 Å². The lowest BCUT2D eigenvalue weighted by Gasteiger charge is -2.27. The molecule has 2 aliphatic carbocycles. The third-order valence-electron chi connectivity index (χ3n) is 5.25. The summed E-state index contributed by atoms with van der Waals surface area (Å²) in [6.07, 6.45) is 4.01. The van der Waals surface area contributed by atoms with Crippen molar-refractivity contribution in [1.82, 2.24) is 5.32 Å². The van der Waals surface area contributed by atoms with Gasteiger partial charge in [-0.15, -0.1) is 12.4 Å². The number of nitrogens with two attached hydrogens (primary N) is 2. The van der Waals surface area contributed by atoms with E-state index < -0.39 is 10.0 Å². The molecule has 2 bridgehead atoms. The molecule has 24 heavy (non-hydrogen) atoms. The van der Waals surface area contributed by atoms with Crippen LogP contribution in [0.3, 0.4) is 0 Å². The largest absolute Gasteiger partial charge is 0.355 e. The van der Waals surface area contributed by atoms with E-state index in [1.165, 1.54) is 12.1 Å². The number of rotatable bonds is 5. The number of carbonyl (C=O) groups is 1. The van der Waals surface area contributed by atoms with Crippen LogP contribution in [-0.2, 0) is 21.2 Å². The number of benzene rings is 1. The lowest BCUT2D eigenvalue weighted by Crippen LogP contribution is -2.45. The zero-order valence-corrected chi connectivity index (χ0v) is 15.0. The fourth-order valence-corrected chi connectivity index (χ4v) is 4.53. The summed E-state index contributed by atoms with van der Waals surface area (Å²) in [7, 11) is -3.66. The van der Waals surface area contributed by atoms with Crippen molar-refractivity contribution in [3.8, 4) is 0 Å². The van der Waals surface area contributed by atoms with Crippen LogP contribution in [0.1, 0.15) is 24.8 Å². The van der Waals surface area contributed by atoms with Crippen LogP contribution in [0.4, 0.5) is 0 Å². The van der Waals surface area contributed by atoms with Crippen LogP contribution in [0, 0.1) is 17.8 Å². The highest BCUT2D eigenvalue weighted by Gasteiger charge is 2.48. The van der Waals surface area contributed by atoms with Crippen LogP contribution in [0.5, 0.6) is 0 Å². The van der Waals surface area contributed by atoms with Crippen molar-refractivity contribution in [2.75, 3.05) is 6.54 Å². The van der Waals surface area contributed by atoms with Crippen LogP contribution in [0.25, 0.3) is 0 Å². The van der Waals surface area contributed by atoms with E-state index in [0.717, 1.165) is 24.8 Å². The minimum absolute atomic E-state index is 0. The molecule has 4 atom stereocenters. The Labute approximate surface area is 148 Å². The number of fused-ring (bicyclic) bond motifs is 2. The van der Waals surface area contributed by atoms with Crippen LogP contribution in [-0.4, -0.2) is 26.9 Å². The molecule has 0 spiro atoms. The van der Waals surface area contributed by atoms with Gasteiger partial charge in [0.05, 0.1) is 10.8 Å². The number of hydrogen-bond acceptors (Lipinski definition) is 4. The Morgan fingerprint density at radius 2 is 1.79 bits per heavy atom. The third-order valence-corrected chi connectivity index (χ3v) is 6.18. The lowest BCUT2D eigenvalue weighted by atomic mass is 9.84. The molecule has 6 nitrogen and oxygen atoms in total. The monoisotopic (exact) mass is 373 g/mol. The zero-order chi connectivity index (χ0) is 16.6. The molecule has 0 radical (unpaired) electrons. The Kier molecular flexibility index (Phi) is 5.91. The average molecular weight is 374 g/mol. The van der Waals surface area contributed by atoms with E-state index in [0.29, 0.717) is 24.8 Å². The third kappa shape index (κ3) is 3.91. The molecule has 1 aromatic carbocycles. The molecule has 5 N–H and O–H groups in total. The van der Waals surface area contributed by atoms with Gasteiger partial charge in [-0.05, 0) is 55.2 Å². The minimum atomic E-state index is -3.66. The van der Waals surface area contributed by atoms with Gasteiger partial charge in [0.15, 0.2) is 0 Å². The fraction of sp³-hybridized carbons (Fsp3) is 0.562. The van der Waals surface area contributed by atoms with Gasteiger partial charge < -0.3 is 11.1 Å². The van der Waals surface area contributed by atoms with Crippen molar-refractivity contribution in [3.63, 3.8) is 0 Å². The topological polar surface area (TPSA) is 115 Å². The van der Waals surface area contributed by atoms with E-state index in [4.69, 9.17) is 10.9 Å². The van der Waals surface area contributed by atoms with E-state index in [1.54, 1.807) is 12.1 Å². The Morgan fingerprint density at radius 3 is 2.33 bits per heavy atom. The first-order valence-corrected chi connectivity index (χ1v) is 9.56. The first-order chi connectivity index (χ1) is 10.9. The summed E-state index contributed by atoms with van der Waals surface area (Å²) in [4.78, 5) is 12.4. The predicted molar refractivity (Wildman–Crippen MR) is 94.1 cm³/mol. The predicted octanol–water partition coefficient (Wildman–Crippen LogP) is 0.788. The van der Waals surface area contributed by atoms with Gasteiger partial charge in [0.2, 0.25) is 15.9 Å². The quantitative estimate of drug-likeness (QED) is 0.707. The normalized spacial score (nSPS) is 28.4. The molecular weight excluding hydrogens is 350 g/mol. The van der Waals surface area contributed by atoms with E-state index in [9.17, 15) is 13.2 Å². The highest BCUT2D eigenvalue weighted by atomic mass is 35.5. The maximum absolute atomic E-state index is 12.3. The number of nitrogens with one attached hydrogen (secondary N) is 1. The molecule has 3 rings (SSSR count). The molecule has 0 aliphatic heterocycles. The van der Waals surface area contributed by atoms with Crippen LogP contribution >= 0.6 is 12.4 Å². The van der Waals surface area contributed by atoms with E-state index in [2.05, 4.69) is 5.32 Å². The molecule has 0 saturated heterocycles. The Bertz CT molecular complexity index is 691. The Balaban J connectivity index is 0.00000208. The van der Waals surface area contributed by atoms with Gasteiger partial charge in [-0.2, -0.15) is 0 Å². The molecular formula is C16H24ClN3O3S. The second-order valence-corrected chi connectivity index (χ2v) is 8.23. The van der Waals surface area contributed by atoms with Crippen molar-refractivity contribution in [3.05, 3.63) is 29.8 Å². The minimum Gasteiger partial charge on any atom is -0.355 e. The maximum Gasteiger partial charge on any atom is 0.238 e. The first-order valence-electron chi connectivity index (χ1n) is 8.01. The molecule has 0 aromatic heterocycles. The Morgan fingerprint density at radius 1 is 1.17 bits per heavy atom. The molecule has 2 aliphatic rings. The van der Waals surface area contributed by atoms with Gasteiger partial charge >= 0.3 is 0 Å². The van der Waals surface area contributed by atoms with Crippen LogP contribution in [0.2, 0.25) is 0 Å². The number of amides is 1. The van der Waals surface area contributed by atoms with E-state index in [1.807, 2.05) is 0 Å². The molecule has 2 fully saturated rings. The number of hydrogen-bond donors (Lipinski definition) is 3. The smallest absolute Gasteiger partial charge is 0.238 e.